The van der Waals surface area contributed by atoms with Crippen molar-refractivity contribution in [2.24, 2.45) is 0 Å². The van der Waals surface area contributed by atoms with Gasteiger partial charge >= 0.3 is 12.1 Å². The van der Waals surface area contributed by atoms with E-state index in [4.69, 9.17) is 14.2 Å². The fourth-order valence-electron chi connectivity index (χ4n) is 5.46. The lowest BCUT2D eigenvalue weighted by atomic mass is 9.98. The summed E-state index contributed by atoms with van der Waals surface area (Å²) >= 11 is 0. The Morgan fingerprint density at radius 3 is 1.94 bits per heavy atom. The largest absolute Gasteiger partial charge is 0.458 e. The van der Waals surface area contributed by atoms with Gasteiger partial charge in [-0.15, -0.1) is 0 Å². The smallest absolute Gasteiger partial charge is 0.411 e. The number of hydrogen-bond donors (Lipinski definition) is 2. The van der Waals surface area contributed by atoms with E-state index in [1.807, 2.05) is 75.4 Å². The summed E-state index contributed by atoms with van der Waals surface area (Å²) < 4.78 is 17.0. The molecule has 1 atom stereocenters. The van der Waals surface area contributed by atoms with Gasteiger partial charge in [-0.1, -0.05) is 72.8 Å². The van der Waals surface area contributed by atoms with E-state index in [9.17, 15) is 14.4 Å². The average Bonchev–Trinajstić information content (AvgIpc) is 3.34. The molecule has 2 amide bonds. The molecule has 0 saturated carbocycles. The topological polar surface area (TPSA) is 103 Å². The molecule has 1 aliphatic rings. The summed E-state index contributed by atoms with van der Waals surface area (Å²) in [6.45, 7) is 11.2. The number of anilines is 1. The van der Waals surface area contributed by atoms with Crippen LogP contribution in [0.3, 0.4) is 0 Å². The molecule has 8 heteroatoms. The van der Waals surface area contributed by atoms with E-state index in [2.05, 4.69) is 34.9 Å². The van der Waals surface area contributed by atoms with E-state index in [0.29, 0.717) is 11.3 Å². The van der Waals surface area contributed by atoms with Gasteiger partial charge in [0.15, 0.2) is 6.04 Å². The van der Waals surface area contributed by atoms with E-state index in [1.165, 1.54) is 11.1 Å². The number of carbonyl (C=O) groups excluding carboxylic acids is 3. The first-order chi connectivity index (χ1) is 22.3. The Morgan fingerprint density at radius 2 is 1.34 bits per heavy atom. The molecule has 0 radical (unpaired) electrons. The number of amides is 2. The van der Waals surface area contributed by atoms with Crippen molar-refractivity contribution < 1.29 is 28.6 Å². The summed E-state index contributed by atoms with van der Waals surface area (Å²) in [5, 5.41) is 5.60. The summed E-state index contributed by atoms with van der Waals surface area (Å²) in [6.07, 6.45) is -0.536. The first kappa shape index (κ1) is 33.4. The first-order valence-corrected chi connectivity index (χ1v) is 15.8. The van der Waals surface area contributed by atoms with Gasteiger partial charge in [-0.3, -0.25) is 10.1 Å². The summed E-state index contributed by atoms with van der Waals surface area (Å²) in [5.74, 6) is -1.01. The van der Waals surface area contributed by atoms with E-state index in [0.717, 1.165) is 22.3 Å². The lowest BCUT2D eigenvalue weighted by molar-refractivity contribution is -0.160. The summed E-state index contributed by atoms with van der Waals surface area (Å²) in [7, 11) is 0. The average molecular weight is 635 g/mol. The molecule has 0 spiro atoms. The lowest BCUT2D eigenvalue weighted by Crippen LogP contribution is -2.48. The van der Waals surface area contributed by atoms with Crippen LogP contribution in [0.5, 0.6) is 0 Å². The molecule has 244 valence electrons. The zero-order valence-corrected chi connectivity index (χ0v) is 27.8. The van der Waals surface area contributed by atoms with Gasteiger partial charge in [0.25, 0.3) is 5.91 Å². The van der Waals surface area contributed by atoms with Gasteiger partial charge < -0.3 is 19.5 Å². The van der Waals surface area contributed by atoms with Crippen LogP contribution in [-0.4, -0.2) is 48.4 Å². The molecule has 5 rings (SSSR count). The highest BCUT2D eigenvalue weighted by molar-refractivity contribution is 5.97. The Kier molecular flexibility index (Phi) is 9.82. The van der Waals surface area contributed by atoms with Crippen molar-refractivity contribution in [1.82, 2.24) is 5.32 Å². The molecule has 1 aliphatic carbocycles. The second-order valence-corrected chi connectivity index (χ2v) is 13.6. The molecule has 0 aliphatic heterocycles. The third-order valence-electron chi connectivity index (χ3n) is 7.61. The molecule has 47 heavy (non-hydrogen) atoms. The van der Waals surface area contributed by atoms with Gasteiger partial charge in [-0.05, 0) is 99.2 Å². The Labute approximate surface area is 276 Å². The number of benzene rings is 4. The van der Waals surface area contributed by atoms with Crippen LogP contribution in [0.15, 0.2) is 97.1 Å². The second-order valence-electron chi connectivity index (χ2n) is 13.6. The highest BCUT2D eigenvalue weighted by Crippen LogP contribution is 2.44. The number of hydrogen-bond acceptors (Lipinski definition) is 6. The quantitative estimate of drug-likeness (QED) is 0.181. The lowest BCUT2D eigenvalue weighted by Gasteiger charge is -2.27. The number of carbonyl (C=O) groups is 3. The summed E-state index contributed by atoms with van der Waals surface area (Å²) in [5.41, 5.74) is 6.09. The molecule has 0 saturated heterocycles. The van der Waals surface area contributed by atoms with E-state index < -0.39 is 35.2 Å². The highest BCUT2D eigenvalue weighted by Gasteiger charge is 2.30. The molecular formula is C39H42N2O6. The van der Waals surface area contributed by atoms with E-state index >= 15 is 0 Å². The Balaban J connectivity index is 1.21. The van der Waals surface area contributed by atoms with Crippen molar-refractivity contribution in [3.8, 4) is 22.3 Å². The molecule has 0 bridgehead atoms. The zero-order valence-electron chi connectivity index (χ0n) is 27.8. The molecule has 0 heterocycles. The fourth-order valence-corrected chi connectivity index (χ4v) is 5.46. The molecule has 0 unspecified atom stereocenters. The molecule has 0 fully saturated rings. The standard InChI is InChI=1S/C39H42N2O6/c1-38(2,3)46-24-34(36(43)47-39(4,5)6)41-35(42)26-20-18-25(19-21-26)27-12-11-13-28(22-27)40-37(44)45-23-33-31-16-9-7-14-29(31)30-15-8-10-17-32(30)33/h7-22,33-34H,23-24H2,1-6H3,(H,40,44)(H,41,42)/t34-/m0/s1. The predicted molar refractivity (Wildman–Crippen MR) is 183 cm³/mol. The van der Waals surface area contributed by atoms with Crippen LogP contribution in [0.2, 0.25) is 0 Å². The number of rotatable bonds is 9. The van der Waals surface area contributed by atoms with Crippen molar-refractivity contribution in [2.45, 2.75) is 64.7 Å². The van der Waals surface area contributed by atoms with Crippen molar-refractivity contribution >= 4 is 23.7 Å². The third kappa shape index (κ3) is 8.65. The van der Waals surface area contributed by atoms with Gasteiger partial charge in [0.2, 0.25) is 0 Å². The van der Waals surface area contributed by atoms with Gasteiger partial charge in [0.1, 0.15) is 12.2 Å². The minimum Gasteiger partial charge on any atom is -0.458 e. The van der Waals surface area contributed by atoms with Gasteiger partial charge in [0, 0.05) is 17.2 Å². The van der Waals surface area contributed by atoms with Crippen LogP contribution >= 0.6 is 0 Å². The summed E-state index contributed by atoms with van der Waals surface area (Å²) in [6, 6.07) is 29.9. The Hall–Kier alpha value is -4.95. The van der Waals surface area contributed by atoms with E-state index in [-0.39, 0.29) is 19.1 Å². The highest BCUT2D eigenvalue weighted by atomic mass is 16.6. The fraction of sp³-hybridized carbons (Fsp3) is 0.308. The molecule has 2 N–H and O–H groups in total. The third-order valence-corrected chi connectivity index (χ3v) is 7.61. The molecule has 8 nitrogen and oxygen atoms in total. The van der Waals surface area contributed by atoms with Gasteiger partial charge in [-0.25, -0.2) is 9.59 Å². The maximum Gasteiger partial charge on any atom is 0.411 e. The molecule has 0 aromatic heterocycles. The zero-order chi connectivity index (χ0) is 33.8. The van der Waals surface area contributed by atoms with Crippen LogP contribution in [0, 0.1) is 0 Å². The van der Waals surface area contributed by atoms with Crippen molar-refractivity contribution in [1.29, 1.82) is 0 Å². The number of nitrogens with one attached hydrogen (secondary N) is 2. The molecule has 4 aromatic carbocycles. The molecule has 4 aromatic rings. The predicted octanol–water partition coefficient (Wildman–Crippen LogP) is 7.97. The normalized spacial score (nSPS) is 13.2. The van der Waals surface area contributed by atoms with Crippen LogP contribution < -0.4 is 10.6 Å². The van der Waals surface area contributed by atoms with Crippen molar-refractivity contribution in [3.63, 3.8) is 0 Å². The minimum atomic E-state index is -0.971. The Morgan fingerprint density at radius 1 is 0.723 bits per heavy atom. The van der Waals surface area contributed by atoms with Crippen molar-refractivity contribution in [2.75, 3.05) is 18.5 Å². The van der Waals surface area contributed by atoms with Crippen LogP contribution in [-0.2, 0) is 19.0 Å². The second kappa shape index (κ2) is 13.8. The maximum atomic E-state index is 13.1. The maximum absolute atomic E-state index is 13.1. The van der Waals surface area contributed by atoms with Crippen LogP contribution in [0.25, 0.3) is 22.3 Å². The summed E-state index contributed by atoms with van der Waals surface area (Å²) in [4.78, 5) is 38.8. The number of ether oxygens (including phenoxy) is 3. The van der Waals surface area contributed by atoms with E-state index in [1.54, 1.807) is 39.0 Å². The number of esters is 1. The van der Waals surface area contributed by atoms with Crippen LogP contribution in [0.4, 0.5) is 10.5 Å². The molecular weight excluding hydrogens is 592 g/mol. The minimum absolute atomic E-state index is 0.0221. The van der Waals surface area contributed by atoms with Gasteiger partial charge in [0.05, 0.1) is 12.2 Å². The SMILES string of the molecule is CC(C)(C)OC[C@H](NC(=O)c1ccc(-c2cccc(NC(=O)OCC3c4ccccc4-c4ccccc43)c2)cc1)C(=O)OC(C)(C)C. The monoisotopic (exact) mass is 634 g/mol. The van der Waals surface area contributed by atoms with Crippen molar-refractivity contribution in [3.05, 3.63) is 114 Å². The van der Waals surface area contributed by atoms with Gasteiger partial charge in [-0.2, -0.15) is 0 Å². The Bertz CT molecular complexity index is 1700. The van der Waals surface area contributed by atoms with Crippen LogP contribution in [0.1, 0.15) is 68.9 Å². The number of fused-ring (bicyclic) bond motifs is 3. The first-order valence-electron chi connectivity index (χ1n) is 15.8.